The molecule has 0 radical (unpaired) electrons. The van der Waals surface area contributed by atoms with E-state index in [4.69, 9.17) is 0 Å². The van der Waals surface area contributed by atoms with E-state index >= 15 is 0 Å². The predicted molar refractivity (Wildman–Crippen MR) is 119 cm³/mol. The molecule has 0 saturated carbocycles. The van der Waals surface area contributed by atoms with Crippen molar-refractivity contribution in [2.24, 2.45) is 0 Å². The fourth-order valence-corrected chi connectivity index (χ4v) is 3.91. The van der Waals surface area contributed by atoms with Crippen LogP contribution in [-0.4, -0.2) is 58.1 Å². The first-order valence-corrected chi connectivity index (χ1v) is 11.0. The Morgan fingerprint density at radius 3 is 2.45 bits per heavy atom. The number of ether oxygens (including phenoxy) is 1. The van der Waals surface area contributed by atoms with Gasteiger partial charge < -0.3 is 10.4 Å². The summed E-state index contributed by atoms with van der Waals surface area (Å²) in [4.78, 5) is 43.4. The van der Waals surface area contributed by atoms with Crippen LogP contribution in [-0.2, 0) is 9.53 Å². The third-order valence-corrected chi connectivity index (χ3v) is 5.56. The van der Waals surface area contributed by atoms with E-state index < -0.39 is 76.7 Å². The first kappa shape index (κ1) is 27.1. The van der Waals surface area contributed by atoms with Gasteiger partial charge in [-0.1, -0.05) is 0 Å². The van der Waals surface area contributed by atoms with Crippen LogP contribution in [0.3, 0.4) is 0 Å². The van der Waals surface area contributed by atoms with Crippen molar-refractivity contribution in [3.63, 3.8) is 0 Å². The molecule has 2 atom stereocenters. The molecule has 3 aromatic rings. The highest BCUT2D eigenvalue weighted by Crippen LogP contribution is 2.26. The number of β-amino-alcohol motifs (C(OH)–C–C–N with tert-alkyl or cyclic N) is 1. The number of aliphatic hydroxyl groups is 1. The predicted octanol–water partition coefficient (Wildman–Crippen LogP) is 2.56. The maximum Gasteiger partial charge on any atom is 0.522 e. The molecule has 2 aromatic heterocycles. The minimum absolute atomic E-state index is 0.0785. The molecule has 1 saturated heterocycles. The average Bonchev–Trinajstić information content (AvgIpc) is 3.15. The lowest BCUT2D eigenvalue weighted by Gasteiger charge is -2.19. The Bertz CT molecular complexity index is 1470. The standard InChI is InChI=1S/C23H18F6N4O5/c1-10(9-38-23(27,28)29)30-22(37)14-8-33(19-15(25)4-11(24)5-16(19)26)21-13(20(14)36)2-3-17(31-21)32-7-12(34)6-18(32)35/h2-5,8,10,12,34H,6-7,9H2,1H3,(H,30,37)/t10-,12-/m0/s1. The summed E-state index contributed by atoms with van der Waals surface area (Å²) in [6, 6.07) is 1.80. The number of hydrogen-bond acceptors (Lipinski definition) is 6. The van der Waals surface area contributed by atoms with Crippen LogP contribution in [0, 0.1) is 17.5 Å². The van der Waals surface area contributed by atoms with Crippen LogP contribution in [0.2, 0.25) is 0 Å². The van der Waals surface area contributed by atoms with Gasteiger partial charge in [-0.15, -0.1) is 13.2 Å². The van der Waals surface area contributed by atoms with Crippen LogP contribution in [0.25, 0.3) is 16.7 Å². The first-order chi connectivity index (χ1) is 17.7. The largest absolute Gasteiger partial charge is 0.522 e. The Balaban J connectivity index is 1.86. The number of carbonyl (C=O) groups is 2. The van der Waals surface area contributed by atoms with E-state index in [0.717, 1.165) is 17.9 Å². The number of alkyl halides is 3. The molecule has 0 spiro atoms. The van der Waals surface area contributed by atoms with Crippen molar-refractivity contribution >= 4 is 28.7 Å². The van der Waals surface area contributed by atoms with Gasteiger partial charge in [0.1, 0.15) is 22.9 Å². The summed E-state index contributed by atoms with van der Waals surface area (Å²) in [6.07, 6.45) is -5.47. The number of amides is 2. The van der Waals surface area contributed by atoms with Crippen molar-refractivity contribution in [1.82, 2.24) is 14.9 Å². The Hall–Kier alpha value is -3.98. The number of aliphatic hydroxyl groups excluding tert-OH is 1. The molecule has 38 heavy (non-hydrogen) atoms. The van der Waals surface area contributed by atoms with Gasteiger partial charge in [0, 0.05) is 18.3 Å². The van der Waals surface area contributed by atoms with Gasteiger partial charge in [-0.25, -0.2) is 18.2 Å². The van der Waals surface area contributed by atoms with Crippen LogP contribution >= 0.6 is 0 Å². The van der Waals surface area contributed by atoms with Gasteiger partial charge in [0.25, 0.3) is 5.91 Å². The summed E-state index contributed by atoms with van der Waals surface area (Å²) >= 11 is 0. The van der Waals surface area contributed by atoms with E-state index in [2.05, 4.69) is 15.0 Å². The number of halogens is 6. The Labute approximate surface area is 209 Å². The molecule has 0 unspecified atom stereocenters. The summed E-state index contributed by atoms with van der Waals surface area (Å²) in [5.41, 5.74) is -3.05. The fraction of sp³-hybridized carbons (Fsp3) is 0.304. The molecule has 4 rings (SSSR count). The zero-order chi connectivity index (χ0) is 27.9. The highest BCUT2D eigenvalue weighted by atomic mass is 19.4. The number of anilines is 1. The van der Waals surface area contributed by atoms with E-state index in [9.17, 15) is 45.8 Å². The number of pyridine rings is 2. The number of nitrogens with zero attached hydrogens (tertiary/aromatic N) is 3. The lowest BCUT2D eigenvalue weighted by molar-refractivity contribution is -0.325. The second-order valence-electron chi connectivity index (χ2n) is 8.49. The summed E-state index contributed by atoms with van der Waals surface area (Å²) in [5.74, 6) is -5.88. The van der Waals surface area contributed by atoms with Crippen molar-refractivity contribution in [2.45, 2.75) is 31.9 Å². The summed E-state index contributed by atoms with van der Waals surface area (Å²) in [5, 5.41) is 11.6. The minimum Gasteiger partial charge on any atom is -0.391 e. The Kier molecular flexibility index (Phi) is 7.16. The van der Waals surface area contributed by atoms with Gasteiger partial charge in [-0.2, -0.15) is 0 Å². The van der Waals surface area contributed by atoms with Crippen molar-refractivity contribution in [2.75, 3.05) is 18.1 Å². The molecule has 1 aliphatic heterocycles. The number of benzene rings is 1. The highest BCUT2D eigenvalue weighted by Gasteiger charge is 2.32. The first-order valence-electron chi connectivity index (χ1n) is 11.0. The van der Waals surface area contributed by atoms with Crippen LogP contribution in [0.5, 0.6) is 0 Å². The number of hydrogen-bond donors (Lipinski definition) is 2. The topological polar surface area (TPSA) is 114 Å². The third kappa shape index (κ3) is 5.47. The molecule has 1 aliphatic rings. The van der Waals surface area contributed by atoms with Crippen molar-refractivity contribution < 1.29 is 45.8 Å². The molecule has 0 aliphatic carbocycles. The minimum atomic E-state index is -4.97. The van der Waals surface area contributed by atoms with Gasteiger partial charge in [0.05, 0.1) is 37.1 Å². The maximum atomic E-state index is 14.8. The van der Waals surface area contributed by atoms with Gasteiger partial charge in [0.2, 0.25) is 11.3 Å². The second-order valence-corrected chi connectivity index (χ2v) is 8.49. The molecule has 9 nitrogen and oxygen atoms in total. The maximum absolute atomic E-state index is 14.8. The number of nitrogens with one attached hydrogen (secondary N) is 1. The summed E-state index contributed by atoms with van der Waals surface area (Å²) in [7, 11) is 0. The molecule has 2 amide bonds. The third-order valence-electron chi connectivity index (χ3n) is 5.56. The summed E-state index contributed by atoms with van der Waals surface area (Å²) < 4.78 is 84.4. The molecule has 3 heterocycles. The molecule has 0 bridgehead atoms. The van der Waals surface area contributed by atoms with E-state index in [-0.39, 0.29) is 24.2 Å². The van der Waals surface area contributed by atoms with Crippen LogP contribution in [0.4, 0.5) is 32.2 Å². The van der Waals surface area contributed by atoms with Crippen LogP contribution in [0.1, 0.15) is 23.7 Å². The van der Waals surface area contributed by atoms with E-state index in [1.54, 1.807) is 0 Å². The molecule has 1 aromatic carbocycles. The van der Waals surface area contributed by atoms with Crippen LogP contribution in [0.15, 0.2) is 35.3 Å². The summed E-state index contributed by atoms with van der Waals surface area (Å²) in [6.45, 7) is 0.0376. The zero-order valence-electron chi connectivity index (χ0n) is 19.4. The highest BCUT2D eigenvalue weighted by molar-refractivity contribution is 5.99. The van der Waals surface area contributed by atoms with Gasteiger partial charge in [0.15, 0.2) is 17.3 Å². The number of fused-ring (bicyclic) bond motifs is 1. The quantitative estimate of drug-likeness (QED) is 0.462. The molecule has 1 fully saturated rings. The van der Waals surface area contributed by atoms with Crippen molar-refractivity contribution in [3.05, 3.63) is 63.7 Å². The molecule has 202 valence electrons. The average molecular weight is 544 g/mol. The van der Waals surface area contributed by atoms with Crippen LogP contribution < -0.4 is 15.6 Å². The van der Waals surface area contributed by atoms with E-state index in [0.29, 0.717) is 22.9 Å². The Morgan fingerprint density at radius 2 is 1.87 bits per heavy atom. The van der Waals surface area contributed by atoms with Gasteiger partial charge in [-0.05, 0) is 19.1 Å². The number of carbonyl (C=O) groups excluding carboxylic acids is 2. The monoisotopic (exact) mass is 544 g/mol. The zero-order valence-corrected chi connectivity index (χ0v) is 19.4. The normalized spacial score (nSPS) is 16.8. The smallest absolute Gasteiger partial charge is 0.391 e. The molecule has 15 heteroatoms. The van der Waals surface area contributed by atoms with Gasteiger partial charge >= 0.3 is 6.36 Å². The van der Waals surface area contributed by atoms with E-state index in [1.165, 1.54) is 6.07 Å². The van der Waals surface area contributed by atoms with Crippen molar-refractivity contribution in [3.8, 4) is 5.69 Å². The SMILES string of the molecule is C[C@@H](COC(F)(F)F)NC(=O)c1cn(-c2c(F)cc(F)cc2F)c2nc(N3C[C@@H](O)CC3=O)ccc2c1=O. The second kappa shape index (κ2) is 10.1. The Morgan fingerprint density at radius 1 is 1.21 bits per heavy atom. The molecular formula is C23H18F6N4O5. The van der Waals surface area contributed by atoms with Gasteiger partial charge in [-0.3, -0.25) is 28.6 Å². The fourth-order valence-electron chi connectivity index (χ4n) is 3.91. The molecule has 2 N–H and O–H groups in total. The molecular weight excluding hydrogens is 526 g/mol. The lowest BCUT2D eigenvalue weighted by Crippen LogP contribution is -2.39. The lowest BCUT2D eigenvalue weighted by atomic mass is 10.1. The number of rotatable bonds is 6. The van der Waals surface area contributed by atoms with E-state index in [1.807, 2.05) is 0 Å². The number of aromatic nitrogens is 2. The van der Waals surface area contributed by atoms with Crippen molar-refractivity contribution in [1.29, 1.82) is 0 Å².